The van der Waals surface area contributed by atoms with Gasteiger partial charge in [0.15, 0.2) is 0 Å². The number of piperidine rings is 1. The van der Waals surface area contributed by atoms with Crippen LogP contribution in [0, 0.1) is 17.3 Å². The molecular weight excluding hydrogens is 336 g/mol. The normalized spacial score (nSPS) is 33.3. The molecule has 3 fully saturated rings. The molecule has 0 radical (unpaired) electrons. The van der Waals surface area contributed by atoms with Crippen LogP contribution in [0.5, 0.6) is 0 Å². The van der Waals surface area contributed by atoms with E-state index in [0.717, 1.165) is 19.3 Å². The van der Waals surface area contributed by atoms with E-state index in [9.17, 15) is 19.5 Å². The quantitative estimate of drug-likeness (QED) is 0.741. The fourth-order valence-electron chi connectivity index (χ4n) is 4.33. The summed E-state index contributed by atoms with van der Waals surface area (Å²) >= 11 is 0. The second-order valence-corrected chi connectivity index (χ2v) is 8.47. The molecule has 3 atom stereocenters. The lowest BCUT2D eigenvalue weighted by atomic mass is 9.54. The molecule has 0 aromatic carbocycles. The molecule has 2 saturated carbocycles. The van der Waals surface area contributed by atoms with Crippen LogP contribution in [-0.4, -0.2) is 59.1 Å². The van der Waals surface area contributed by atoms with Gasteiger partial charge in [-0.3, -0.25) is 9.59 Å². The predicted molar refractivity (Wildman–Crippen MR) is 94.3 cm³/mol. The highest BCUT2D eigenvalue weighted by Gasteiger charge is 2.66. The molecule has 146 valence electrons. The molecule has 3 rings (SSSR count). The van der Waals surface area contributed by atoms with Gasteiger partial charge < -0.3 is 20.1 Å². The van der Waals surface area contributed by atoms with Gasteiger partial charge in [-0.2, -0.15) is 0 Å². The third-order valence-electron chi connectivity index (χ3n) is 6.50. The van der Waals surface area contributed by atoms with E-state index in [0.29, 0.717) is 26.1 Å². The lowest BCUT2D eigenvalue weighted by Crippen LogP contribution is -2.76. The first-order valence-corrected chi connectivity index (χ1v) is 9.68. The van der Waals surface area contributed by atoms with Gasteiger partial charge in [0.2, 0.25) is 11.8 Å². The van der Waals surface area contributed by atoms with Gasteiger partial charge in [0, 0.05) is 37.5 Å². The average Bonchev–Trinajstić information content (AvgIpc) is 3.44. The van der Waals surface area contributed by atoms with Crippen LogP contribution in [0.3, 0.4) is 0 Å². The first kappa shape index (κ1) is 19.1. The van der Waals surface area contributed by atoms with E-state index in [1.807, 2.05) is 20.8 Å². The Bertz CT molecular complexity index is 601. The molecule has 2 N–H and O–H groups in total. The summed E-state index contributed by atoms with van der Waals surface area (Å²) in [6.45, 7) is 7.14. The number of hydrogen-bond donors (Lipinski definition) is 2. The molecule has 2 amide bonds. The van der Waals surface area contributed by atoms with E-state index >= 15 is 0 Å². The van der Waals surface area contributed by atoms with Gasteiger partial charge in [-0.25, -0.2) is 4.79 Å². The number of carbonyl (C=O) groups is 3. The number of nitrogens with zero attached hydrogens (tertiary/aromatic N) is 1. The molecule has 0 spiro atoms. The van der Waals surface area contributed by atoms with E-state index in [2.05, 4.69) is 5.32 Å². The molecule has 2 aliphatic carbocycles. The molecule has 1 aliphatic heterocycles. The van der Waals surface area contributed by atoms with Crippen LogP contribution in [0.1, 0.15) is 52.9 Å². The van der Waals surface area contributed by atoms with Gasteiger partial charge >= 0.3 is 5.97 Å². The summed E-state index contributed by atoms with van der Waals surface area (Å²) in [7, 11) is 0. The number of aliphatic carboxylic acids is 1. The Labute approximate surface area is 154 Å². The molecule has 0 aromatic rings. The van der Waals surface area contributed by atoms with Crippen LogP contribution >= 0.6 is 0 Å². The van der Waals surface area contributed by atoms with Crippen molar-refractivity contribution in [2.24, 2.45) is 17.3 Å². The molecule has 26 heavy (non-hydrogen) atoms. The van der Waals surface area contributed by atoms with Crippen molar-refractivity contribution in [3.63, 3.8) is 0 Å². The fourth-order valence-corrected chi connectivity index (χ4v) is 4.33. The number of carboxylic acid groups (broad SMARTS) is 1. The fraction of sp³-hybridized carbons (Fsp3) is 0.842. The maximum absolute atomic E-state index is 12.9. The number of carbonyl (C=O) groups excluding carboxylic acids is 2. The zero-order valence-corrected chi connectivity index (χ0v) is 15.9. The minimum absolute atomic E-state index is 0.139. The number of nitrogens with one attached hydrogen (secondary N) is 1. The highest BCUT2D eigenvalue weighted by Crippen LogP contribution is 2.51. The molecule has 3 unspecified atom stereocenters. The van der Waals surface area contributed by atoms with E-state index < -0.39 is 16.9 Å². The van der Waals surface area contributed by atoms with Crippen molar-refractivity contribution in [2.75, 3.05) is 19.7 Å². The summed E-state index contributed by atoms with van der Waals surface area (Å²) in [4.78, 5) is 39.0. The Balaban J connectivity index is 1.67. The standard InChI is InChI=1S/C19H30N2O5/c1-4-26-14-10-19(17(24)25,18(14,2)3)20-15(22)13-6-5-9-21(11-13)16(23)12-7-8-12/h12-14H,4-11H2,1-3H3,(H,20,22)(H,24,25). The van der Waals surface area contributed by atoms with Crippen molar-refractivity contribution in [3.05, 3.63) is 0 Å². The van der Waals surface area contributed by atoms with Crippen LogP contribution in [-0.2, 0) is 19.1 Å². The number of rotatable bonds is 6. The van der Waals surface area contributed by atoms with Crippen molar-refractivity contribution in [2.45, 2.75) is 64.5 Å². The van der Waals surface area contributed by atoms with Gasteiger partial charge in [0.05, 0.1) is 12.0 Å². The highest BCUT2D eigenvalue weighted by atomic mass is 16.5. The number of carboxylic acids is 1. The summed E-state index contributed by atoms with van der Waals surface area (Å²) < 4.78 is 5.64. The predicted octanol–water partition coefficient (Wildman–Crippen LogP) is 1.41. The molecule has 0 bridgehead atoms. The first-order valence-electron chi connectivity index (χ1n) is 9.68. The minimum atomic E-state index is -1.31. The number of amides is 2. The van der Waals surface area contributed by atoms with Gasteiger partial charge in [0.25, 0.3) is 0 Å². The topological polar surface area (TPSA) is 95.9 Å². The maximum Gasteiger partial charge on any atom is 0.330 e. The maximum atomic E-state index is 12.9. The third-order valence-corrected chi connectivity index (χ3v) is 6.50. The highest BCUT2D eigenvalue weighted by molar-refractivity contribution is 5.91. The van der Waals surface area contributed by atoms with Crippen LogP contribution < -0.4 is 5.32 Å². The first-order chi connectivity index (χ1) is 12.2. The molecule has 3 aliphatic rings. The summed E-state index contributed by atoms with van der Waals surface area (Å²) in [5.74, 6) is -1.34. The van der Waals surface area contributed by atoms with E-state index in [-0.39, 0.29) is 36.2 Å². The van der Waals surface area contributed by atoms with Crippen LogP contribution in [0.2, 0.25) is 0 Å². The Morgan fingerprint density at radius 3 is 2.42 bits per heavy atom. The molecule has 0 aromatic heterocycles. The minimum Gasteiger partial charge on any atom is -0.479 e. The largest absolute Gasteiger partial charge is 0.479 e. The van der Waals surface area contributed by atoms with Gasteiger partial charge in [-0.1, -0.05) is 13.8 Å². The molecule has 7 heteroatoms. The van der Waals surface area contributed by atoms with E-state index in [4.69, 9.17) is 4.74 Å². The lowest BCUT2D eigenvalue weighted by molar-refractivity contribution is -0.195. The van der Waals surface area contributed by atoms with Gasteiger partial charge in [0.1, 0.15) is 5.54 Å². The van der Waals surface area contributed by atoms with Crippen molar-refractivity contribution in [1.82, 2.24) is 10.2 Å². The molecule has 1 saturated heterocycles. The second-order valence-electron chi connectivity index (χ2n) is 8.47. The van der Waals surface area contributed by atoms with Crippen molar-refractivity contribution < 1.29 is 24.2 Å². The van der Waals surface area contributed by atoms with Crippen molar-refractivity contribution in [1.29, 1.82) is 0 Å². The third kappa shape index (κ3) is 3.10. The van der Waals surface area contributed by atoms with Crippen molar-refractivity contribution >= 4 is 17.8 Å². The summed E-state index contributed by atoms with van der Waals surface area (Å²) in [5.41, 5.74) is -2.00. The summed E-state index contributed by atoms with van der Waals surface area (Å²) in [6.07, 6.45) is 3.44. The van der Waals surface area contributed by atoms with E-state index in [1.165, 1.54) is 0 Å². The lowest BCUT2D eigenvalue weighted by Gasteiger charge is -2.58. The Hall–Kier alpha value is -1.63. The zero-order chi connectivity index (χ0) is 19.1. The summed E-state index contributed by atoms with van der Waals surface area (Å²) in [6, 6.07) is 0. The molecule has 1 heterocycles. The Morgan fingerprint density at radius 2 is 1.88 bits per heavy atom. The molecule has 7 nitrogen and oxygen atoms in total. The van der Waals surface area contributed by atoms with Gasteiger partial charge in [-0.15, -0.1) is 0 Å². The van der Waals surface area contributed by atoms with Crippen LogP contribution in [0.25, 0.3) is 0 Å². The summed E-state index contributed by atoms with van der Waals surface area (Å²) in [5, 5.41) is 12.7. The van der Waals surface area contributed by atoms with Crippen molar-refractivity contribution in [3.8, 4) is 0 Å². The second kappa shape index (κ2) is 6.83. The number of ether oxygens (including phenoxy) is 1. The van der Waals surface area contributed by atoms with Crippen LogP contribution in [0.15, 0.2) is 0 Å². The number of likely N-dealkylation sites (tertiary alicyclic amines) is 1. The van der Waals surface area contributed by atoms with Crippen LogP contribution in [0.4, 0.5) is 0 Å². The smallest absolute Gasteiger partial charge is 0.330 e. The molecular formula is C19H30N2O5. The zero-order valence-electron chi connectivity index (χ0n) is 15.9. The SMILES string of the molecule is CCOC1CC(NC(=O)C2CCCN(C(=O)C3CC3)C2)(C(=O)O)C1(C)C. The number of hydrogen-bond acceptors (Lipinski definition) is 4. The average molecular weight is 366 g/mol. The van der Waals surface area contributed by atoms with E-state index in [1.54, 1.807) is 4.90 Å². The Morgan fingerprint density at radius 1 is 1.19 bits per heavy atom. The van der Waals surface area contributed by atoms with Gasteiger partial charge in [-0.05, 0) is 32.6 Å². The monoisotopic (exact) mass is 366 g/mol. The Kier molecular flexibility index (Phi) is 5.03.